The normalized spacial score (nSPS) is 10.7. The van der Waals surface area contributed by atoms with Crippen LogP contribution >= 0.6 is 39.3 Å². The van der Waals surface area contributed by atoms with E-state index >= 15 is 0 Å². The van der Waals surface area contributed by atoms with E-state index in [0.29, 0.717) is 5.88 Å². The quantitative estimate of drug-likeness (QED) is 0.378. The van der Waals surface area contributed by atoms with Crippen LogP contribution in [0.4, 0.5) is 8.78 Å². The first-order chi connectivity index (χ1) is 9.11. The maximum absolute atomic E-state index is 13.8. The minimum absolute atomic E-state index is 0.0841. The van der Waals surface area contributed by atoms with E-state index in [4.69, 9.17) is 11.6 Å². The summed E-state index contributed by atoms with van der Waals surface area (Å²) in [5, 5.41) is 0. The van der Waals surface area contributed by atoms with Crippen molar-refractivity contribution in [1.29, 1.82) is 0 Å². The molecule has 0 spiro atoms. The molecule has 2 aromatic carbocycles. The highest BCUT2D eigenvalue weighted by molar-refractivity contribution is 9.10. The number of thioether (sulfide) groups is 1. The summed E-state index contributed by atoms with van der Waals surface area (Å²) >= 11 is 10.1. The summed E-state index contributed by atoms with van der Waals surface area (Å²) in [7, 11) is 0. The van der Waals surface area contributed by atoms with Gasteiger partial charge in [-0.25, -0.2) is 8.78 Å². The van der Waals surface area contributed by atoms with E-state index in [1.54, 1.807) is 0 Å². The van der Waals surface area contributed by atoms with Crippen LogP contribution < -0.4 is 0 Å². The fraction of sp³-hybridized carbons (Fsp3) is 0.143. The highest BCUT2D eigenvalue weighted by atomic mass is 79.9. The number of hydrogen-bond acceptors (Lipinski definition) is 1. The van der Waals surface area contributed by atoms with Crippen molar-refractivity contribution in [3.63, 3.8) is 0 Å². The molecule has 0 saturated carbocycles. The third-order valence-corrected chi connectivity index (χ3v) is 4.56. The molecule has 0 aromatic heterocycles. The summed E-state index contributed by atoms with van der Waals surface area (Å²) in [6.07, 6.45) is 0. The van der Waals surface area contributed by atoms with Crippen molar-refractivity contribution in [1.82, 2.24) is 0 Å². The van der Waals surface area contributed by atoms with E-state index in [0.717, 1.165) is 10.5 Å². The summed E-state index contributed by atoms with van der Waals surface area (Å²) in [5.41, 5.74) is 1.10. The van der Waals surface area contributed by atoms with Crippen molar-refractivity contribution in [3.05, 3.63) is 63.6 Å². The average molecular weight is 364 g/mol. The zero-order valence-corrected chi connectivity index (χ0v) is 13.0. The van der Waals surface area contributed by atoms with Crippen LogP contribution in [0, 0.1) is 11.6 Å². The Kier molecular flexibility index (Phi) is 5.25. The SMILES string of the molecule is Fc1ccc(Br)c(F)c1CSc1ccc(CCl)cc1. The number of alkyl halides is 1. The van der Waals surface area contributed by atoms with Crippen LogP contribution in [0.1, 0.15) is 11.1 Å². The summed E-state index contributed by atoms with van der Waals surface area (Å²) < 4.78 is 27.6. The van der Waals surface area contributed by atoms with Gasteiger partial charge in [-0.05, 0) is 45.8 Å². The Hall–Kier alpha value is -0.580. The molecule has 0 aliphatic rings. The molecule has 0 nitrogen and oxygen atoms in total. The van der Waals surface area contributed by atoms with E-state index in [-0.39, 0.29) is 15.8 Å². The Bertz CT molecular complexity index is 572. The molecule has 0 heterocycles. The van der Waals surface area contributed by atoms with Crippen LogP contribution in [0.2, 0.25) is 0 Å². The van der Waals surface area contributed by atoms with Crippen molar-refractivity contribution in [3.8, 4) is 0 Å². The highest BCUT2D eigenvalue weighted by Crippen LogP contribution is 2.29. The Balaban J connectivity index is 2.12. The molecule has 2 rings (SSSR count). The summed E-state index contributed by atoms with van der Waals surface area (Å²) in [4.78, 5) is 0.952. The lowest BCUT2D eigenvalue weighted by Crippen LogP contribution is -1.94. The molecule has 0 fully saturated rings. The van der Waals surface area contributed by atoms with Gasteiger partial charge in [0.25, 0.3) is 0 Å². The molecular weight excluding hydrogens is 354 g/mol. The predicted octanol–water partition coefficient (Wildman–Crippen LogP) is 5.76. The fourth-order valence-corrected chi connectivity index (χ4v) is 2.99. The lowest BCUT2D eigenvalue weighted by molar-refractivity contribution is 0.562. The van der Waals surface area contributed by atoms with Crippen LogP contribution in [0.3, 0.4) is 0 Å². The van der Waals surface area contributed by atoms with Crippen molar-refractivity contribution >= 4 is 39.3 Å². The van der Waals surface area contributed by atoms with Crippen LogP contribution in [-0.4, -0.2) is 0 Å². The van der Waals surface area contributed by atoms with Gasteiger partial charge in [0.15, 0.2) is 0 Å². The molecule has 2 aromatic rings. The standard InChI is InChI=1S/C14H10BrClF2S/c15-12-5-6-13(17)11(14(12)18)8-19-10-3-1-9(7-16)2-4-10/h1-6H,7-8H2. The number of hydrogen-bond donors (Lipinski definition) is 0. The average Bonchev–Trinajstić information content (AvgIpc) is 2.44. The molecule has 0 amide bonds. The molecule has 0 saturated heterocycles. The zero-order chi connectivity index (χ0) is 13.8. The van der Waals surface area contributed by atoms with E-state index in [2.05, 4.69) is 15.9 Å². The summed E-state index contributed by atoms with van der Waals surface area (Å²) in [6, 6.07) is 10.2. The Labute approximate surface area is 128 Å². The van der Waals surface area contributed by atoms with Gasteiger partial charge < -0.3 is 0 Å². The van der Waals surface area contributed by atoms with E-state index < -0.39 is 11.6 Å². The molecular formula is C14H10BrClF2S. The topological polar surface area (TPSA) is 0 Å². The zero-order valence-electron chi connectivity index (χ0n) is 9.80. The summed E-state index contributed by atoms with van der Waals surface area (Å²) in [6.45, 7) is 0. The first-order valence-corrected chi connectivity index (χ1v) is 7.83. The third kappa shape index (κ3) is 3.71. The maximum atomic E-state index is 13.8. The van der Waals surface area contributed by atoms with Crippen LogP contribution in [-0.2, 0) is 11.6 Å². The molecule has 100 valence electrons. The van der Waals surface area contributed by atoms with E-state index in [1.165, 1.54) is 23.9 Å². The van der Waals surface area contributed by atoms with Gasteiger partial charge in [0.2, 0.25) is 0 Å². The second kappa shape index (κ2) is 6.73. The largest absolute Gasteiger partial charge is 0.207 e. The molecule has 5 heteroatoms. The first-order valence-electron chi connectivity index (χ1n) is 5.52. The lowest BCUT2D eigenvalue weighted by Gasteiger charge is -2.07. The Morgan fingerprint density at radius 3 is 2.37 bits per heavy atom. The predicted molar refractivity (Wildman–Crippen MR) is 79.6 cm³/mol. The first kappa shape index (κ1) is 14.8. The number of rotatable bonds is 4. The van der Waals surface area contributed by atoms with Gasteiger partial charge in [-0.3, -0.25) is 0 Å². The van der Waals surface area contributed by atoms with Gasteiger partial charge in [-0.1, -0.05) is 12.1 Å². The lowest BCUT2D eigenvalue weighted by atomic mass is 10.2. The Morgan fingerprint density at radius 2 is 1.74 bits per heavy atom. The van der Waals surface area contributed by atoms with E-state index in [1.807, 2.05) is 24.3 Å². The number of halogens is 4. The highest BCUT2D eigenvalue weighted by Gasteiger charge is 2.12. The van der Waals surface area contributed by atoms with Crippen molar-refractivity contribution in [2.24, 2.45) is 0 Å². The van der Waals surface area contributed by atoms with Gasteiger partial charge in [0.05, 0.1) is 4.47 Å². The van der Waals surface area contributed by atoms with Crippen molar-refractivity contribution < 1.29 is 8.78 Å². The maximum Gasteiger partial charge on any atom is 0.144 e. The van der Waals surface area contributed by atoms with Crippen LogP contribution in [0.25, 0.3) is 0 Å². The van der Waals surface area contributed by atoms with Gasteiger partial charge in [-0.15, -0.1) is 23.4 Å². The van der Waals surface area contributed by atoms with Crippen molar-refractivity contribution in [2.45, 2.75) is 16.5 Å². The van der Waals surface area contributed by atoms with Gasteiger partial charge in [0, 0.05) is 22.1 Å². The fourth-order valence-electron chi connectivity index (χ4n) is 1.53. The molecule has 0 N–H and O–H groups in total. The van der Waals surface area contributed by atoms with Gasteiger partial charge in [0.1, 0.15) is 11.6 Å². The second-order valence-corrected chi connectivity index (χ2v) is 6.06. The Morgan fingerprint density at radius 1 is 1.05 bits per heavy atom. The van der Waals surface area contributed by atoms with Gasteiger partial charge >= 0.3 is 0 Å². The molecule has 19 heavy (non-hydrogen) atoms. The molecule has 0 aliphatic carbocycles. The second-order valence-electron chi connectivity index (χ2n) is 3.89. The molecule has 0 atom stereocenters. The van der Waals surface area contributed by atoms with Crippen LogP contribution in [0.15, 0.2) is 45.8 Å². The minimum atomic E-state index is -0.537. The molecule has 0 aliphatic heterocycles. The number of benzene rings is 2. The van der Waals surface area contributed by atoms with Crippen LogP contribution in [0.5, 0.6) is 0 Å². The molecule has 0 unspecified atom stereocenters. The van der Waals surface area contributed by atoms with Gasteiger partial charge in [-0.2, -0.15) is 0 Å². The monoisotopic (exact) mass is 362 g/mol. The summed E-state index contributed by atoms with van der Waals surface area (Å²) in [5.74, 6) is -0.354. The minimum Gasteiger partial charge on any atom is -0.207 e. The third-order valence-electron chi connectivity index (χ3n) is 2.60. The molecule has 0 bridgehead atoms. The molecule has 0 radical (unpaired) electrons. The van der Waals surface area contributed by atoms with Crippen molar-refractivity contribution in [2.75, 3.05) is 0 Å². The van der Waals surface area contributed by atoms with E-state index in [9.17, 15) is 8.78 Å². The smallest absolute Gasteiger partial charge is 0.144 e.